The van der Waals surface area contributed by atoms with Gasteiger partial charge in [0.1, 0.15) is 17.3 Å². The van der Waals surface area contributed by atoms with Gasteiger partial charge in [0.15, 0.2) is 5.82 Å². The van der Waals surface area contributed by atoms with Gasteiger partial charge in [-0.05, 0) is 24.6 Å². The summed E-state index contributed by atoms with van der Waals surface area (Å²) >= 11 is 0. The van der Waals surface area contributed by atoms with Crippen molar-refractivity contribution in [2.75, 3.05) is 11.1 Å². The summed E-state index contributed by atoms with van der Waals surface area (Å²) in [5, 5.41) is 12.1. The van der Waals surface area contributed by atoms with E-state index in [1.54, 1.807) is 18.6 Å². The van der Waals surface area contributed by atoms with Gasteiger partial charge in [-0.1, -0.05) is 0 Å². The molecule has 0 spiro atoms. The number of nitrogens with two attached hydrogens (primary N) is 1. The van der Waals surface area contributed by atoms with Gasteiger partial charge in [0, 0.05) is 7.05 Å². The number of nitrogen functional groups attached to an aromatic ring is 1. The highest BCUT2D eigenvalue weighted by atomic mass is 15.0. The van der Waals surface area contributed by atoms with Crippen molar-refractivity contribution < 1.29 is 0 Å². The van der Waals surface area contributed by atoms with Crippen LogP contribution in [0.1, 0.15) is 17.0 Å². The molecule has 0 aliphatic rings. The average Bonchev–Trinajstić information content (AvgIpc) is 2.88. The fourth-order valence-electron chi connectivity index (χ4n) is 2.28. The summed E-state index contributed by atoms with van der Waals surface area (Å²) in [7, 11) is 1.92. The second-order valence-corrected chi connectivity index (χ2v) is 5.07. The minimum atomic E-state index is 0.404. The number of imidazole rings is 1. The molecule has 7 nitrogen and oxygen atoms in total. The Kier molecular flexibility index (Phi) is 3.35. The maximum absolute atomic E-state index is 8.83. The van der Waals surface area contributed by atoms with Crippen LogP contribution in [0.3, 0.4) is 0 Å². The van der Waals surface area contributed by atoms with E-state index in [4.69, 9.17) is 11.0 Å². The molecule has 3 rings (SSSR count). The number of hydrogen-bond acceptors (Lipinski definition) is 6. The van der Waals surface area contributed by atoms with Crippen LogP contribution in [0, 0.1) is 18.3 Å². The van der Waals surface area contributed by atoms with E-state index in [0.717, 1.165) is 22.5 Å². The van der Waals surface area contributed by atoms with E-state index in [9.17, 15) is 0 Å². The lowest BCUT2D eigenvalue weighted by atomic mass is 10.2. The minimum absolute atomic E-state index is 0.404. The Labute approximate surface area is 127 Å². The minimum Gasteiger partial charge on any atom is -0.382 e. The van der Waals surface area contributed by atoms with Gasteiger partial charge in [-0.15, -0.1) is 0 Å². The van der Waals surface area contributed by atoms with Gasteiger partial charge in [0.2, 0.25) is 0 Å². The van der Waals surface area contributed by atoms with Gasteiger partial charge in [0.05, 0.1) is 36.0 Å². The van der Waals surface area contributed by atoms with Gasteiger partial charge >= 0.3 is 0 Å². The van der Waals surface area contributed by atoms with Crippen LogP contribution >= 0.6 is 0 Å². The zero-order chi connectivity index (χ0) is 15.7. The van der Waals surface area contributed by atoms with Crippen molar-refractivity contribution >= 4 is 22.5 Å². The lowest BCUT2D eigenvalue weighted by molar-refractivity contribution is 0.943. The quantitative estimate of drug-likeness (QED) is 0.762. The molecule has 0 saturated heterocycles. The van der Waals surface area contributed by atoms with Crippen molar-refractivity contribution in [3.05, 3.63) is 41.6 Å². The van der Waals surface area contributed by atoms with Crippen molar-refractivity contribution in [3.63, 3.8) is 0 Å². The number of pyridine rings is 2. The molecule has 3 aromatic heterocycles. The smallest absolute Gasteiger partial charge is 0.151 e. The largest absolute Gasteiger partial charge is 0.382 e. The topological polar surface area (TPSA) is 105 Å². The number of nitriles is 1. The number of aryl methyl sites for hydroxylation is 2. The van der Waals surface area contributed by atoms with E-state index in [1.807, 2.05) is 30.7 Å². The first-order chi connectivity index (χ1) is 10.6. The average molecular weight is 293 g/mol. The van der Waals surface area contributed by atoms with Crippen LogP contribution in [0.5, 0.6) is 0 Å². The normalized spacial score (nSPS) is 10.6. The fourth-order valence-corrected chi connectivity index (χ4v) is 2.28. The number of nitrogens with zero attached hydrogens (tertiary/aromatic N) is 5. The maximum Gasteiger partial charge on any atom is 0.151 e. The monoisotopic (exact) mass is 293 g/mol. The highest BCUT2D eigenvalue weighted by Gasteiger charge is 2.08. The Balaban J connectivity index is 1.85. The Bertz CT molecular complexity index is 889. The molecule has 0 amide bonds. The van der Waals surface area contributed by atoms with E-state index in [2.05, 4.69) is 20.3 Å². The molecule has 3 heterocycles. The number of hydrogen-bond donors (Lipinski definition) is 2. The van der Waals surface area contributed by atoms with Crippen LogP contribution < -0.4 is 11.1 Å². The van der Waals surface area contributed by atoms with Gasteiger partial charge in [-0.25, -0.2) is 15.0 Å². The highest BCUT2D eigenvalue weighted by Crippen LogP contribution is 2.20. The zero-order valence-corrected chi connectivity index (χ0v) is 12.3. The molecule has 0 saturated carbocycles. The molecular formula is C15H15N7. The van der Waals surface area contributed by atoms with Gasteiger partial charge in [-0.3, -0.25) is 0 Å². The van der Waals surface area contributed by atoms with Crippen molar-refractivity contribution in [1.29, 1.82) is 5.26 Å². The molecule has 0 bridgehead atoms. The molecule has 0 aromatic carbocycles. The second-order valence-electron chi connectivity index (χ2n) is 5.07. The number of nitrogens with one attached hydrogen (secondary N) is 1. The van der Waals surface area contributed by atoms with Crippen LogP contribution in [0.25, 0.3) is 11.0 Å². The van der Waals surface area contributed by atoms with E-state index in [1.165, 1.54) is 0 Å². The summed E-state index contributed by atoms with van der Waals surface area (Å²) in [6.07, 6.45) is 3.37. The first-order valence-corrected chi connectivity index (χ1v) is 6.75. The van der Waals surface area contributed by atoms with E-state index >= 15 is 0 Å². The second kappa shape index (κ2) is 5.33. The van der Waals surface area contributed by atoms with Crippen LogP contribution in [-0.2, 0) is 13.6 Å². The van der Waals surface area contributed by atoms with E-state index in [-0.39, 0.29) is 0 Å². The molecule has 3 aromatic rings. The first-order valence-electron chi connectivity index (χ1n) is 6.75. The summed E-state index contributed by atoms with van der Waals surface area (Å²) in [4.78, 5) is 12.6. The number of aromatic nitrogens is 4. The van der Waals surface area contributed by atoms with Crippen molar-refractivity contribution in [2.24, 2.45) is 7.05 Å². The molecule has 110 valence electrons. The third-order valence-corrected chi connectivity index (χ3v) is 3.48. The SMILES string of the molecule is Cc1cc(C#N)ncc1NCc1cc2c(ncn2C)c(N)n1. The molecular weight excluding hydrogens is 278 g/mol. The molecule has 22 heavy (non-hydrogen) atoms. The first kappa shape index (κ1) is 13.8. The van der Waals surface area contributed by atoms with E-state index in [0.29, 0.717) is 23.6 Å². The fraction of sp³-hybridized carbons (Fsp3) is 0.200. The van der Waals surface area contributed by atoms with Gasteiger partial charge in [0.25, 0.3) is 0 Å². The van der Waals surface area contributed by atoms with Crippen LogP contribution in [0.4, 0.5) is 11.5 Å². The summed E-state index contributed by atoms with van der Waals surface area (Å²) in [5.74, 6) is 0.421. The third kappa shape index (κ3) is 2.42. The molecule has 0 fully saturated rings. The van der Waals surface area contributed by atoms with Crippen LogP contribution in [0.15, 0.2) is 24.7 Å². The number of fused-ring (bicyclic) bond motifs is 1. The molecule has 0 unspecified atom stereocenters. The standard InChI is InChI=1S/C15H15N7/c1-9-3-10(5-16)18-7-12(9)19-6-11-4-13-14(15(17)21-11)20-8-22(13)2/h3-4,7-8,19H,6H2,1-2H3,(H2,17,21). The Morgan fingerprint density at radius 3 is 2.91 bits per heavy atom. The Morgan fingerprint density at radius 2 is 2.18 bits per heavy atom. The molecule has 3 N–H and O–H groups in total. The van der Waals surface area contributed by atoms with E-state index < -0.39 is 0 Å². The molecule has 0 atom stereocenters. The van der Waals surface area contributed by atoms with Crippen molar-refractivity contribution in [2.45, 2.75) is 13.5 Å². The Morgan fingerprint density at radius 1 is 1.36 bits per heavy atom. The molecule has 7 heteroatoms. The number of rotatable bonds is 3. The summed E-state index contributed by atoms with van der Waals surface area (Å²) in [6, 6.07) is 5.72. The summed E-state index contributed by atoms with van der Waals surface area (Å²) < 4.78 is 1.91. The molecule has 0 aliphatic carbocycles. The van der Waals surface area contributed by atoms with Crippen molar-refractivity contribution in [3.8, 4) is 6.07 Å². The lowest BCUT2D eigenvalue weighted by Gasteiger charge is -2.09. The lowest BCUT2D eigenvalue weighted by Crippen LogP contribution is -2.06. The summed E-state index contributed by atoms with van der Waals surface area (Å²) in [6.45, 7) is 2.44. The van der Waals surface area contributed by atoms with Crippen LogP contribution in [-0.4, -0.2) is 19.5 Å². The van der Waals surface area contributed by atoms with Gasteiger partial charge < -0.3 is 15.6 Å². The zero-order valence-electron chi connectivity index (χ0n) is 12.3. The predicted molar refractivity (Wildman–Crippen MR) is 83.9 cm³/mol. The van der Waals surface area contributed by atoms with Gasteiger partial charge in [-0.2, -0.15) is 5.26 Å². The number of anilines is 2. The highest BCUT2D eigenvalue weighted by molar-refractivity contribution is 5.85. The molecule has 0 aliphatic heterocycles. The predicted octanol–water partition coefficient (Wildman–Crippen LogP) is 1.74. The Hall–Kier alpha value is -3.14. The van der Waals surface area contributed by atoms with Crippen LogP contribution in [0.2, 0.25) is 0 Å². The summed E-state index contributed by atoms with van der Waals surface area (Å²) in [5.41, 5.74) is 10.6. The molecule has 0 radical (unpaired) electrons. The third-order valence-electron chi connectivity index (χ3n) is 3.48. The van der Waals surface area contributed by atoms with Crippen molar-refractivity contribution in [1.82, 2.24) is 19.5 Å². The maximum atomic E-state index is 8.83.